The van der Waals surface area contributed by atoms with Crippen LogP contribution in [0.15, 0.2) is 23.5 Å². The zero-order chi connectivity index (χ0) is 9.72. The Morgan fingerprint density at radius 2 is 1.83 bits per heavy atom. The Hall–Kier alpha value is -1.25. The molecular weight excluding hydrogens is 156 g/mol. The summed E-state index contributed by atoms with van der Waals surface area (Å²) in [5, 5.41) is 17.8. The van der Waals surface area contributed by atoms with Crippen molar-refractivity contribution in [3.8, 4) is 0 Å². The highest BCUT2D eigenvalue weighted by atomic mass is 16.4. The first-order valence-corrected chi connectivity index (χ1v) is 3.79. The van der Waals surface area contributed by atoms with Gasteiger partial charge in [-0.15, -0.1) is 0 Å². The van der Waals surface area contributed by atoms with Crippen LogP contribution in [0.2, 0.25) is 0 Å². The molecule has 0 atom stereocenters. The summed E-state index contributed by atoms with van der Waals surface area (Å²) in [5.41, 5.74) is -0.0521. The molecule has 0 aliphatic rings. The molecule has 0 spiro atoms. The fourth-order valence-electron chi connectivity index (χ4n) is 0.786. The van der Waals surface area contributed by atoms with Crippen LogP contribution in [-0.2, 0) is 4.79 Å². The summed E-state index contributed by atoms with van der Waals surface area (Å²) in [5.74, 6) is -1.13. The average Bonchev–Trinajstić information content (AvgIpc) is 1.85. The lowest BCUT2D eigenvalue weighted by Gasteiger charge is -2.01. The number of aliphatic hydroxyl groups is 1. The van der Waals surface area contributed by atoms with Gasteiger partial charge in [-0.2, -0.15) is 0 Å². The second-order valence-corrected chi connectivity index (χ2v) is 2.80. The molecule has 0 aromatic heterocycles. The maximum Gasteiger partial charge on any atom is 0.339 e. The van der Waals surface area contributed by atoms with Gasteiger partial charge in [-0.05, 0) is 18.9 Å². The second kappa shape index (κ2) is 4.59. The first-order chi connectivity index (χ1) is 5.49. The van der Waals surface area contributed by atoms with E-state index in [1.165, 1.54) is 12.2 Å². The molecule has 12 heavy (non-hydrogen) atoms. The minimum Gasteiger partial charge on any atom is -0.507 e. The van der Waals surface area contributed by atoms with E-state index >= 15 is 0 Å². The van der Waals surface area contributed by atoms with Crippen molar-refractivity contribution in [2.24, 2.45) is 5.92 Å². The monoisotopic (exact) mass is 170 g/mol. The van der Waals surface area contributed by atoms with Gasteiger partial charge in [0, 0.05) is 0 Å². The third kappa shape index (κ3) is 3.23. The van der Waals surface area contributed by atoms with Crippen LogP contribution >= 0.6 is 0 Å². The van der Waals surface area contributed by atoms with Gasteiger partial charge in [0.1, 0.15) is 5.76 Å². The van der Waals surface area contributed by atoms with Gasteiger partial charge in [0.25, 0.3) is 0 Å². The van der Waals surface area contributed by atoms with Crippen molar-refractivity contribution in [2.45, 2.75) is 20.8 Å². The molecule has 2 N–H and O–H groups in total. The predicted octanol–water partition coefficient (Wildman–Crippen LogP) is 2.12. The molecule has 0 aliphatic carbocycles. The normalized spacial score (nSPS) is 13.7. The van der Waals surface area contributed by atoms with Crippen molar-refractivity contribution in [3.05, 3.63) is 23.5 Å². The minimum absolute atomic E-state index is 0.0521. The quantitative estimate of drug-likeness (QED) is 0.387. The zero-order valence-corrected chi connectivity index (χ0v) is 7.53. The number of allylic oxidation sites excluding steroid dienone is 2. The van der Waals surface area contributed by atoms with Crippen molar-refractivity contribution in [1.29, 1.82) is 0 Å². The molecule has 0 amide bonds. The van der Waals surface area contributed by atoms with Crippen LogP contribution in [0.25, 0.3) is 0 Å². The van der Waals surface area contributed by atoms with Gasteiger partial charge in [0.05, 0.1) is 5.57 Å². The van der Waals surface area contributed by atoms with Gasteiger partial charge in [-0.3, -0.25) is 0 Å². The summed E-state index contributed by atoms with van der Waals surface area (Å²) >= 11 is 0. The summed E-state index contributed by atoms with van der Waals surface area (Å²) in [7, 11) is 0. The van der Waals surface area contributed by atoms with Crippen molar-refractivity contribution in [2.75, 3.05) is 0 Å². The van der Waals surface area contributed by atoms with Crippen LogP contribution in [-0.4, -0.2) is 16.2 Å². The lowest BCUT2D eigenvalue weighted by Crippen LogP contribution is -2.03. The molecule has 0 aromatic carbocycles. The second-order valence-electron chi connectivity index (χ2n) is 2.80. The van der Waals surface area contributed by atoms with Crippen LogP contribution in [0, 0.1) is 5.92 Å². The van der Waals surface area contributed by atoms with Crippen LogP contribution in [0.4, 0.5) is 0 Å². The van der Waals surface area contributed by atoms with Gasteiger partial charge in [0.2, 0.25) is 0 Å². The lowest BCUT2D eigenvalue weighted by atomic mass is 10.1. The molecule has 68 valence electrons. The number of rotatable bonds is 3. The number of carbonyl (C=O) groups is 1. The summed E-state index contributed by atoms with van der Waals surface area (Å²) in [6.07, 6.45) is 2.88. The van der Waals surface area contributed by atoms with E-state index in [0.717, 1.165) is 0 Å². The number of hydrogen-bond donors (Lipinski definition) is 2. The van der Waals surface area contributed by atoms with Gasteiger partial charge in [-0.25, -0.2) is 4.79 Å². The third-order valence-electron chi connectivity index (χ3n) is 1.29. The predicted molar refractivity (Wildman–Crippen MR) is 46.9 cm³/mol. The molecule has 0 bridgehead atoms. The molecule has 0 rings (SSSR count). The molecule has 0 unspecified atom stereocenters. The summed E-state index contributed by atoms with van der Waals surface area (Å²) in [6, 6.07) is 0. The number of hydrogen-bond acceptors (Lipinski definition) is 2. The Balaban J connectivity index is 4.66. The first-order valence-electron chi connectivity index (χ1n) is 3.79. The number of aliphatic carboxylic acids is 1. The molecule has 0 fully saturated rings. The Morgan fingerprint density at radius 3 is 2.08 bits per heavy atom. The maximum absolute atomic E-state index is 10.5. The fourth-order valence-corrected chi connectivity index (χ4v) is 0.786. The Labute approximate surface area is 72.0 Å². The van der Waals surface area contributed by atoms with E-state index < -0.39 is 5.97 Å². The highest BCUT2D eigenvalue weighted by Crippen LogP contribution is 2.09. The van der Waals surface area contributed by atoms with Gasteiger partial charge < -0.3 is 10.2 Å². The minimum atomic E-state index is -1.10. The molecule has 0 aromatic rings. The molecule has 0 aliphatic heterocycles. The third-order valence-corrected chi connectivity index (χ3v) is 1.29. The number of carboxylic acid groups (broad SMARTS) is 1. The van der Waals surface area contributed by atoms with Crippen LogP contribution in [0.1, 0.15) is 20.8 Å². The fraction of sp³-hybridized carbons (Fsp3) is 0.444. The van der Waals surface area contributed by atoms with Gasteiger partial charge >= 0.3 is 5.97 Å². The summed E-state index contributed by atoms with van der Waals surface area (Å²) in [6.45, 7) is 5.31. The average molecular weight is 170 g/mol. The van der Waals surface area contributed by atoms with Crippen LogP contribution in [0.5, 0.6) is 0 Å². The Bertz CT molecular complexity index is 224. The van der Waals surface area contributed by atoms with Crippen LogP contribution in [0.3, 0.4) is 0 Å². The highest BCUT2D eigenvalue weighted by Gasteiger charge is 2.10. The van der Waals surface area contributed by atoms with Gasteiger partial charge in [-0.1, -0.05) is 19.9 Å². The Morgan fingerprint density at radius 1 is 1.33 bits per heavy atom. The summed E-state index contributed by atoms with van der Waals surface area (Å²) in [4.78, 5) is 10.5. The highest BCUT2D eigenvalue weighted by molar-refractivity contribution is 5.90. The first kappa shape index (κ1) is 10.8. The SMILES string of the molecule is C/C=C(C(=O)O)\C(O)=C/C(C)C. The van der Waals surface area contributed by atoms with E-state index in [9.17, 15) is 9.90 Å². The maximum atomic E-state index is 10.5. The largest absolute Gasteiger partial charge is 0.507 e. The van der Waals surface area contributed by atoms with E-state index in [-0.39, 0.29) is 17.3 Å². The smallest absolute Gasteiger partial charge is 0.339 e. The van der Waals surface area contributed by atoms with Crippen molar-refractivity contribution < 1.29 is 15.0 Å². The lowest BCUT2D eigenvalue weighted by molar-refractivity contribution is -0.132. The van der Waals surface area contributed by atoms with Crippen LogP contribution < -0.4 is 0 Å². The topological polar surface area (TPSA) is 57.5 Å². The standard InChI is InChI=1S/C9H14O3/c1-4-7(9(11)12)8(10)5-6(2)3/h4-6,10H,1-3H3,(H,11,12)/b7-4+,8-5+. The Kier molecular flexibility index (Phi) is 4.11. The molecule has 0 heterocycles. The number of carboxylic acids is 1. The van der Waals surface area contributed by atoms with E-state index in [0.29, 0.717) is 0 Å². The van der Waals surface area contributed by atoms with Gasteiger partial charge in [0.15, 0.2) is 0 Å². The van der Waals surface area contributed by atoms with E-state index in [4.69, 9.17) is 5.11 Å². The van der Waals surface area contributed by atoms with Crippen molar-refractivity contribution in [3.63, 3.8) is 0 Å². The van der Waals surface area contributed by atoms with E-state index in [1.807, 2.05) is 13.8 Å². The van der Waals surface area contributed by atoms with Crippen molar-refractivity contribution in [1.82, 2.24) is 0 Å². The molecule has 0 saturated carbocycles. The molecule has 3 nitrogen and oxygen atoms in total. The molecule has 3 heteroatoms. The molecular formula is C9H14O3. The van der Waals surface area contributed by atoms with E-state index in [1.54, 1.807) is 6.92 Å². The van der Waals surface area contributed by atoms with Crippen molar-refractivity contribution >= 4 is 5.97 Å². The number of aliphatic hydroxyl groups excluding tert-OH is 1. The summed E-state index contributed by atoms with van der Waals surface area (Å²) < 4.78 is 0. The molecule has 0 saturated heterocycles. The molecule has 0 radical (unpaired) electrons. The zero-order valence-electron chi connectivity index (χ0n) is 7.53. The van der Waals surface area contributed by atoms with E-state index in [2.05, 4.69) is 0 Å².